The highest BCUT2D eigenvalue weighted by atomic mass is 32.1. The van der Waals surface area contributed by atoms with Gasteiger partial charge in [0.05, 0.1) is 10.2 Å². The average Bonchev–Trinajstić information content (AvgIpc) is 3.11. The maximum Gasteiger partial charge on any atom is 0.313 e. The molecule has 1 aliphatic rings. The van der Waals surface area contributed by atoms with Gasteiger partial charge in [-0.15, -0.1) is 11.3 Å². The van der Waals surface area contributed by atoms with Crippen molar-refractivity contribution >= 4 is 39.1 Å². The molecule has 0 spiro atoms. The number of hydrogen-bond acceptors (Lipinski definition) is 5. The van der Waals surface area contributed by atoms with Crippen molar-refractivity contribution < 1.29 is 9.59 Å². The number of piperazine rings is 1. The van der Waals surface area contributed by atoms with Gasteiger partial charge in [0.15, 0.2) is 0 Å². The molecule has 3 aromatic rings. The minimum atomic E-state index is -0.597. The number of aromatic nitrogens is 1. The van der Waals surface area contributed by atoms with Crippen LogP contribution < -0.4 is 10.6 Å². The molecule has 2 aromatic carbocycles. The molecule has 2 heterocycles. The summed E-state index contributed by atoms with van der Waals surface area (Å²) in [6.07, 6.45) is 0. The van der Waals surface area contributed by atoms with Gasteiger partial charge in [-0.25, -0.2) is 4.98 Å². The zero-order valence-electron chi connectivity index (χ0n) is 15.0. The zero-order valence-corrected chi connectivity index (χ0v) is 15.8. The van der Waals surface area contributed by atoms with E-state index in [4.69, 9.17) is 0 Å². The summed E-state index contributed by atoms with van der Waals surface area (Å²) in [5.41, 5.74) is 3.79. The Morgan fingerprint density at radius 3 is 2.59 bits per heavy atom. The van der Waals surface area contributed by atoms with E-state index in [1.807, 2.05) is 18.2 Å². The summed E-state index contributed by atoms with van der Waals surface area (Å²) < 4.78 is 1.16. The van der Waals surface area contributed by atoms with Crippen molar-refractivity contribution in [2.24, 2.45) is 0 Å². The molecule has 7 heteroatoms. The van der Waals surface area contributed by atoms with Crippen LogP contribution in [0.15, 0.2) is 42.5 Å². The van der Waals surface area contributed by atoms with Crippen LogP contribution in [0.3, 0.4) is 0 Å². The van der Waals surface area contributed by atoms with Crippen LogP contribution in [-0.4, -0.2) is 47.9 Å². The van der Waals surface area contributed by atoms with Gasteiger partial charge in [0.2, 0.25) is 0 Å². The number of nitrogens with zero attached hydrogens (tertiary/aromatic N) is 2. The number of nitrogens with one attached hydrogen (secondary N) is 2. The summed E-state index contributed by atoms with van der Waals surface area (Å²) >= 11 is 1.64. The highest BCUT2D eigenvalue weighted by molar-refractivity contribution is 7.21. The molecule has 0 atom stereocenters. The number of amides is 2. The number of hydrogen-bond donors (Lipinski definition) is 2. The third-order valence-corrected chi connectivity index (χ3v) is 5.60. The molecule has 0 unspecified atom stereocenters. The van der Waals surface area contributed by atoms with E-state index in [-0.39, 0.29) is 0 Å². The third kappa shape index (κ3) is 3.84. The first kappa shape index (κ1) is 17.6. The van der Waals surface area contributed by atoms with E-state index >= 15 is 0 Å². The molecule has 6 nitrogen and oxygen atoms in total. The quantitative estimate of drug-likeness (QED) is 0.671. The van der Waals surface area contributed by atoms with E-state index in [2.05, 4.69) is 34.7 Å². The molecule has 1 fully saturated rings. The molecular weight excluding hydrogens is 360 g/mol. The Labute approximate surface area is 161 Å². The maximum absolute atomic E-state index is 12.2. The van der Waals surface area contributed by atoms with Crippen LogP contribution in [0.5, 0.6) is 0 Å². The normalized spacial score (nSPS) is 14.3. The molecule has 0 aliphatic carbocycles. The van der Waals surface area contributed by atoms with E-state index in [0.29, 0.717) is 18.8 Å². The lowest BCUT2D eigenvalue weighted by atomic mass is 10.2. The van der Waals surface area contributed by atoms with Crippen molar-refractivity contribution in [1.29, 1.82) is 0 Å². The van der Waals surface area contributed by atoms with Crippen LogP contribution in [0.2, 0.25) is 0 Å². The van der Waals surface area contributed by atoms with Crippen molar-refractivity contribution in [2.75, 3.05) is 31.5 Å². The fourth-order valence-electron chi connectivity index (χ4n) is 3.05. The number of benzene rings is 2. The standard InChI is InChI=1S/C20H20N4O2S/c1-13-2-7-16-17(12-13)27-19(23-16)14-3-5-15(6-4-14)22-18(25)20(26)24-10-8-21-9-11-24/h2-7,12,21H,8-11H2,1H3,(H,22,25). The molecular formula is C20H20N4O2S. The number of thiazole rings is 1. The van der Waals surface area contributed by atoms with Gasteiger partial charge >= 0.3 is 11.8 Å². The molecule has 2 amide bonds. The molecule has 1 saturated heterocycles. The first-order valence-corrected chi connectivity index (χ1v) is 9.70. The molecule has 0 saturated carbocycles. The Bertz CT molecular complexity index is 991. The Hall–Kier alpha value is -2.77. The lowest BCUT2D eigenvalue weighted by Crippen LogP contribution is -2.49. The third-order valence-electron chi connectivity index (χ3n) is 4.53. The van der Waals surface area contributed by atoms with E-state index in [1.165, 1.54) is 5.56 Å². The van der Waals surface area contributed by atoms with Gasteiger partial charge in [-0.05, 0) is 48.9 Å². The number of carbonyl (C=O) groups excluding carboxylic acids is 2. The average molecular weight is 380 g/mol. The second-order valence-corrected chi connectivity index (χ2v) is 7.59. The Morgan fingerprint density at radius 2 is 1.85 bits per heavy atom. The van der Waals surface area contributed by atoms with Crippen molar-refractivity contribution in [3.05, 3.63) is 48.0 Å². The summed E-state index contributed by atoms with van der Waals surface area (Å²) in [6, 6.07) is 13.6. The van der Waals surface area contributed by atoms with Crippen LogP contribution in [0.4, 0.5) is 5.69 Å². The van der Waals surface area contributed by atoms with Crippen LogP contribution in [0.25, 0.3) is 20.8 Å². The first-order chi connectivity index (χ1) is 13.1. The SMILES string of the molecule is Cc1ccc2nc(-c3ccc(NC(=O)C(=O)N4CCNCC4)cc3)sc2c1. The van der Waals surface area contributed by atoms with Gasteiger partial charge in [0.1, 0.15) is 5.01 Å². The predicted molar refractivity (Wildman–Crippen MR) is 108 cm³/mol. The Kier molecular flexibility index (Phi) is 4.87. The van der Waals surface area contributed by atoms with Crippen molar-refractivity contribution in [3.8, 4) is 10.6 Å². The summed E-state index contributed by atoms with van der Waals surface area (Å²) in [5.74, 6) is -1.08. The summed E-state index contributed by atoms with van der Waals surface area (Å²) in [4.78, 5) is 30.6. The molecule has 0 bridgehead atoms. The molecule has 1 aliphatic heterocycles. The Balaban J connectivity index is 1.46. The van der Waals surface area contributed by atoms with Gasteiger partial charge in [-0.2, -0.15) is 0 Å². The van der Waals surface area contributed by atoms with E-state index < -0.39 is 11.8 Å². The molecule has 27 heavy (non-hydrogen) atoms. The van der Waals surface area contributed by atoms with Gasteiger partial charge < -0.3 is 15.5 Å². The monoisotopic (exact) mass is 380 g/mol. The van der Waals surface area contributed by atoms with Crippen LogP contribution in [0, 0.1) is 6.92 Å². The van der Waals surface area contributed by atoms with E-state index in [1.54, 1.807) is 28.4 Å². The summed E-state index contributed by atoms with van der Waals surface area (Å²) in [6.45, 7) is 4.62. The van der Waals surface area contributed by atoms with E-state index in [0.717, 1.165) is 33.9 Å². The molecule has 1 aromatic heterocycles. The predicted octanol–water partition coefficient (Wildman–Crippen LogP) is 2.64. The van der Waals surface area contributed by atoms with Crippen LogP contribution in [0.1, 0.15) is 5.56 Å². The molecule has 4 rings (SSSR count). The Morgan fingerprint density at radius 1 is 1.11 bits per heavy atom. The topological polar surface area (TPSA) is 74.3 Å². The van der Waals surface area contributed by atoms with Crippen LogP contribution in [-0.2, 0) is 9.59 Å². The highest BCUT2D eigenvalue weighted by Crippen LogP contribution is 2.31. The number of fused-ring (bicyclic) bond motifs is 1. The lowest BCUT2D eigenvalue weighted by molar-refractivity contribution is -0.143. The van der Waals surface area contributed by atoms with Gasteiger partial charge in [0, 0.05) is 37.4 Å². The number of carbonyl (C=O) groups is 2. The molecule has 0 radical (unpaired) electrons. The molecule has 2 N–H and O–H groups in total. The van der Waals surface area contributed by atoms with Gasteiger partial charge in [-0.1, -0.05) is 6.07 Å². The largest absolute Gasteiger partial charge is 0.332 e. The minimum Gasteiger partial charge on any atom is -0.332 e. The number of aryl methyl sites for hydroxylation is 1. The summed E-state index contributed by atoms with van der Waals surface area (Å²) in [7, 11) is 0. The van der Waals surface area contributed by atoms with Gasteiger partial charge in [0.25, 0.3) is 0 Å². The highest BCUT2D eigenvalue weighted by Gasteiger charge is 2.23. The fourth-order valence-corrected chi connectivity index (χ4v) is 4.12. The smallest absolute Gasteiger partial charge is 0.313 e. The van der Waals surface area contributed by atoms with Crippen molar-refractivity contribution in [3.63, 3.8) is 0 Å². The lowest BCUT2D eigenvalue weighted by Gasteiger charge is -2.26. The van der Waals surface area contributed by atoms with Crippen molar-refractivity contribution in [2.45, 2.75) is 6.92 Å². The molecule has 138 valence electrons. The number of rotatable bonds is 2. The van der Waals surface area contributed by atoms with Crippen molar-refractivity contribution in [1.82, 2.24) is 15.2 Å². The first-order valence-electron chi connectivity index (χ1n) is 8.89. The minimum absolute atomic E-state index is 0.484. The fraction of sp³-hybridized carbons (Fsp3) is 0.250. The van der Waals surface area contributed by atoms with Gasteiger partial charge in [-0.3, -0.25) is 9.59 Å². The second-order valence-electron chi connectivity index (χ2n) is 6.56. The van der Waals surface area contributed by atoms with Crippen LogP contribution >= 0.6 is 11.3 Å². The second kappa shape index (κ2) is 7.46. The zero-order chi connectivity index (χ0) is 18.8. The number of anilines is 1. The maximum atomic E-state index is 12.2. The summed E-state index contributed by atoms with van der Waals surface area (Å²) in [5, 5.41) is 6.78. The van der Waals surface area contributed by atoms with E-state index in [9.17, 15) is 9.59 Å².